The van der Waals surface area contributed by atoms with Crippen molar-refractivity contribution in [3.63, 3.8) is 0 Å². The molecule has 3 aromatic rings. The lowest BCUT2D eigenvalue weighted by Gasteiger charge is -2.25. The summed E-state index contributed by atoms with van der Waals surface area (Å²) in [6.07, 6.45) is 1.63. The summed E-state index contributed by atoms with van der Waals surface area (Å²) in [5, 5.41) is 9.07. The number of anilines is 3. The lowest BCUT2D eigenvalue weighted by molar-refractivity contribution is 0.102. The fourth-order valence-corrected chi connectivity index (χ4v) is 3.47. The van der Waals surface area contributed by atoms with Crippen LogP contribution in [0.4, 0.5) is 21.9 Å². The molecule has 0 fully saturated rings. The summed E-state index contributed by atoms with van der Waals surface area (Å²) in [5.41, 5.74) is 3.31. The Kier molecular flexibility index (Phi) is 9.64. The molecule has 0 atom stereocenters. The highest BCUT2D eigenvalue weighted by Crippen LogP contribution is 2.21. The molecule has 3 rings (SSSR count). The number of nitrogens with zero attached hydrogens (tertiary/aromatic N) is 3. The third kappa shape index (κ3) is 7.71. The lowest BCUT2D eigenvalue weighted by atomic mass is 10.2. The largest absolute Gasteiger partial charge is 0.497 e. The van der Waals surface area contributed by atoms with Gasteiger partial charge in [0.2, 0.25) is 0 Å². The van der Waals surface area contributed by atoms with E-state index in [2.05, 4.69) is 20.9 Å². The Morgan fingerprint density at radius 2 is 1.72 bits per heavy atom. The Balaban J connectivity index is 1.68. The molecular formula is C27H34N6O3. The van der Waals surface area contributed by atoms with Crippen molar-refractivity contribution in [2.24, 2.45) is 0 Å². The number of carbonyl (C=O) groups excluding carboxylic acids is 2. The molecule has 0 radical (unpaired) electrons. The maximum absolute atomic E-state index is 13.1. The zero-order valence-electron chi connectivity index (χ0n) is 21.2. The summed E-state index contributed by atoms with van der Waals surface area (Å²) in [6, 6.07) is 18.0. The van der Waals surface area contributed by atoms with Crippen LogP contribution in [-0.4, -0.2) is 67.6 Å². The quantitative estimate of drug-likeness (QED) is 0.369. The summed E-state index contributed by atoms with van der Waals surface area (Å²) < 4.78 is 5.24. The van der Waals surface area contributed by atoms with Crippen LogP contribution in [0.3, 0.4) is 0 Å². The number of hydrogen-bond acceptors (Lipinski definition) is 6. The zero-order valence-corrected chi connectivity index (χ0v) is 21.2. The predicted octanol–water partition coefficient (Wildman–Crippen LogP) is 4.37. The van der Waals surface area contributed by atoms with Crippen LogP contribution in [0.15, 0.2) is 66.9 Å². The molecule has 0 aliphatic rings. The van der Waals surface area contributed by atoms with Crippen molar-refractivity contribution in [3.8, 4) is 5.75 Å². The topological polar surface area (TPSA) is 98.8 Å². The maximum atomic E-state index is 13.1. The number of benzene rings is 2. The Bertz CT molecular complexity index is 1150. The summed E-state index contributed by atoms with van der Waals surface area (Å²) in [5.74, 6) is 0.367. The van der Waals surface area contributed by atoms with Crippen molar-refractivity contribution in [2.75, 3.05) is 56.8 Å². The third-order valence-electron chi connectivity index (χ3n) is 5.40. The Morgan fingerprint density at radius 1 is 0.944 bits per heavy atom. The van der Waals surface area contributed by atoms with Crippen molar-refractivity contribution in [2.45, 2.75) is 13.5 Å². The van der Waals surface area contributed by atoms with Gasteiger partial charge in [0.15, 0.2) is 0 Å². The first-order valence-corrected chi connectivity index (χ1v) is 11.8. The van der Waals surface area contributed by atoms with E-state index in [1.54, 1.807) is 30.3 Å². The molecule has 0 bridgehead atoms. The number of nitrogens with one attached hydrogen (secondary N) is 3. The normalized spacial score (nSPS) is 10.6. The minimum absolute atomic E-state index is 0.230. The van der Waals surface area contributed by atoms with Crippen LogP contribution in [0.5, 0.6) is 5.75 Å². The molecule has 190 valence electrons. The second-order valence-electron chi connectivity index (χ2n) is 8.47. The standard InChI is InChI=1S/C27H34N6O3/c1-5-28-23-11-6-7-12-24(23)31-26(34)25-14-13-20(18-29-25)19-33(16-15-32(2)3)27(35)30-21-9-8-10-22(17-21)36-4/h6-14,17-18,28H,5,15-16,19H2,1-4H3,(H,30,35)(H,31,34). The summed E-state index contributed by atoms with van der Waals surface area (Å²) in [7, 11) is 5.50. The molecule has 0 unspecified atom stereocenters. The van der Waals surface area contributed by atoms with Crippen molar-refractivity contribution in [1.82, 2.24) is 14.8 Å². The first-order chi connectivity index (χ1) is 17.4. The van der Waals surface area contributed by atoms with Gasteiger partial charge >= 0.3 is 6.03 Å². The van der Waals surface area contributed by atoms with Gasteiger partial charge in [0.25, 0.3) is 5.91 Å². The van der Waals surface area contributed by atoms with Crippen molar-refractivity contribution >= 4 is 29.0 Å². The second-order valence-corrected chi connectivity index (χ2v) is 8.47. The van der Waals surface area contributed by atoms with Crippen LogP contribution in [-0.2, 0) is 6.54 Å². The molecule has 2 aromatic carbocycles. The second kappa shape index (κ2) is 13.1. The molecule has 0 aliphatic heterocycles. The van der Waals surface area contributed by atoms with Crippen molar-refractivity contribution in [1.29, 1.82) is 0 Å². The van der Waals surface area contributed by atoms with Gasteiger partial charge in [-0.15, -0.1) is 0 Å². The molecule has 0 aliphatic carbocycles. The predicted molar refractivity (Wildman–Crippen MR) is 144 cm³/mol. The number of ether oxygens (including phenoxy) is 1. The van der Waals surface area contributed by atoms with Gasteiger partial charge in [-0.1, -0.05) is 24.3 Å². The van der Waals surface area contributed by atoms with E-state index >= 15 is 0 Å². The van der Waals surface area contributed by atoms with E-state index in [0.29, 0.717) is 42.5 Å². The van der Waals surface area contributed by atoms with Gasteiger partial charge in [0.1, 0.15) is 11.4 Å². The molecule has 9 nitrogen and oxygen atoms in total. The van der Waals surface area contributed by atoms with E-state index in [1.807, 2.05) is 74.4 Å². The Labute approximate surface area is 212 Å². The number of urea groups is 1. The van der Waals surface area contributed by atoms with Gasteiger partial charge in [0, 0.05) is 44.1 Å². The highest BCUT2D eigenvalue weighted by Gasteiger charge is 2.16. The molecule has 9 heteroatoms. The average Bonchev–Trinajstić information content (AvgIpc) is 2.88. The molecule has 1 heterocycles. The van der Waals surface area contributed by atoms with E-state index in [-0.39, 0.29) is 11.9 Å². The van der Waals surface area contributed by atoms with Crippen molar-refractivity contribution in [3.05, 3.63) is 78.1 Å². The van der Waals surface area contributed by atoms with Gasteiger partial charge in [-0.05, 0) is 56.9 Å². The lowest BCUT2D eigenvalue weighted by Crippen LogP contribution is -2.39. The number of aromatic nitrogens is 1. The molecule has 3 N–H and O–H groups in total. The Morgan fingerprint density at radius 3 is 2.39 bits per heavy atom. The number of hydrogen-bond donors (Lipinski definition) is 3. The molecule has 3 amide bonds. The van der Waals surface area contributed by atoms with Crippen molar-refractivity contribution < 1.29 is 14.3 Å². The Hall–Kier alpha value is -4.11. The fraction of sp³-hybridized carbons (Fsp3) is 0.296. The van der Waals surface area contributed by atoms with Gasteiger partial charge in [-0.25, -0.2) is 4.79 Å². The van der Waals surface area contributed by atoms with Gasteiger partial charge < -0.3 is 30.5 Å². The fourth-order valence-electron chi connectivity index (χ4n) is 3.47. The average molecular weight is 491 g/mol. The first kappa shape index (κ1) is 26.5. The maximum Gasteiger partial charge on any atom is 0.322 e. The SMILES string of the molecule is CCNc1ccccc1NC(=O)c1ccc(CN(CCN(C)C)C(=O)Nc2cccc(OC)c2)cn1. The van der Waals surface area contributed by atoms with E-state index in [9.17, 15) is 9.59 Å². The zero-order chi connectivity index (χ0) is 25.9. The highest BCUT2D eigenvalue weighted by atomic mass is 16.5. The van der Waals surface area contributed by atoms with E-state index in [0.717, 1.165) is 17.8 Å². The minimum Gasteiger partial charge on any atom is -0.497 e. The third-order valence-corrected chi connectivity index (χ3v) is 5.40. The molecule has 36 heavy (non-hydrogen) atoms. The number of pyridine rings is 1. The monoisotopic (exact) mass is 490 g/mol. The molecule has 1 aromatic heterocycles. The van der Waals surface area contributed by atoms with Crippen LogP contribution in [0.2, 0.25) is 0 Å². The van der Waals surface area contributed by atoms with E-state index in [4.69, 9.17) is 4.74 Å². The van der Waals surface area contributed by atoms with Crippen LogP contribution >= 0.6 is 0 Å². The van der Waals surface area contributed by atoms with Gasteiger partial charge in [-0.3, -0.25) is 9.78 Å². The number of rotatable bonds is 11. The van der Waals surface area contributed by atoms with E-state index in [1.165, 1.54) is 0 Å². The van der Waals surface area contributed by atoms with Gasteiger partial charge in [-0.2, -0.15) is 0 Å². The molecule has 0 saturated carbocycles. The van der Waals surface area contributed by atoms with Crippen LogP contribution in [0.25, 0.3) is 0 Å². The number of likely N-dealkylation sites (N-methyl/N-ethyl adjacent to an activating group) is 1. The van der Waals surface area contributed by atoms with Crippen LogP contribution in [0, 0.1) is 0 Å². The smallest absolute Gasteiger partial charge is 0.322 e. The highest BCUT2D eigenvalue weighted by molar-refractivity contribution is 6.04. The van der Waals surface area contributed by atoms with Crippen LogP contribution in [0.1, 0.15) is 23.0 Å². The number of para-hydroxylation sites is 2. The van der Waals surface area contributed by atoms with Gasteiger partial charge in [0.05, 0.1) is 18.5 Å². The molecule has 0 saturated heterocycles. The number of amides is 3. The summed E-state index contributed by atoms with van der Waals surface area (Å²) >= 11 is 0. The summed E-state index contributed by atoms with van der Waals surface area (Å²) in [6.45, 7) is 4.31. The number of carbonyl (C=O) groups is 2. The number of methoxy groups -OCH3 is 1. The minimum atomic E-state index is -0.299. The first-order valence-electron chi connectivity index (χ1n) is 11.8. The molecular weight excluding hydrogens is 456 g/mol. The van der Waals surface area contributed by atoms with Crippen LogP contribution < -0.4 is 20.7 Å². The summed E-state index contributed by atoms with van der Waals surface area (Å²) in [4.78, 5) is 33.9. The van der Waals surface area contributed by atoms with E-state index < -0.39 is 0 Å². The molecule has 0 spiro atoms.